The van der Waals surface area contributed by atoms with E-state index in [1.54, 1.807) is 24.3 Å². The minimum Gasteiger partial charge on any atom is -0.493 e. The Morgan fingerprint density at radius 1 is 1.00 bits per heavy atom. The molecule has 30 heavy (non-hydrogen) atoms. The average molecular weight is 447 g/mol. The number of hydrogen-bond donors (Lipinski definition) is 1. The summed E-state index contributed by atoms with van der Waals surface area (Å²) in [4.78, 5) is -0.0278. The molecule has 4 aromatic rings. The van der Waals surface area contributed by atoms with Crippen LogP contribution in [0.1, 0.15) is 0 Å². The zero-order valence-electron chi connectivity index (χ0n) is 16.2. The van der Waals surface area contributed by atoms with Gasteiger partial charge in [0.15, 0.2) is 11.5 Å². The molecule has 10 nitrogen and oxygen atoms in total. The molecule has 2 aromatic heterocycles. The number of benzene rings is 2. The Kier molecular flexibility index (Phi) is 4.95. The molecule has 0 amide bonds. The summed E-state index contributed by atoms with van der Waals surface area (Å²) in [6.07, 6.45) is 0. The number of anilines is 1. The van der Waals surface area contributed by atoms with Gasteiger partial charge in [-0.3, -0.25) is 0 Å². The molecule has 0 atom stereocenters. The topological polar surface area (TPSA) is 131 Å². The van der Waals surface area contributed by atoms with E-state index >= 15 is 0 Å². The number of methoxy groups -OCH3 is 3. The highest BCUT2D eigenvalue weighted by Crippen LogP contribution is 2.41. The van der Waals surface area contributed by atoms with Gasteiger partial charge in [0, 0.05) is 11.6 Å². The van der Waals surface area contributed by atoms with Crippen molar-refractivity contribution in [3.05, 3.63) is 36.4 Å². The minimum atomic E-state index is -4.10. The number of aromatic nitrogens is 4. The SMILES string of the molecule is COc1cc(-c2cc(N)n(S(=O)(=O)c3cccc4nsnc34)n2)cc(OC)c1OC. The summed E-state index contributed by atoms with van der Waals surface area (Å²) in [6, 6.07) is 9.50. The third-order valence-electron chi connectivity index (χ3n) is 4.42. The number of rotatable bonds is 6. The lowest BCUT2D eigenvalue weighted by atomic mass is 10.1. The molecule has 156 valence electrons. The standard InChI is InChI=1S/C18H17N5O5S2/c1-26-13-7-10(8-14(27-2)18(13)28-3)12-9-16(19)23(20-12)30(24,25)15-6-4-5-11-17(15)22-29-21-11/h4-9H,19H2,1-3H3. The van der Waals surface area contributed by atoms with Crippen LogP contribution in [0, 0.1) is 0 Å². The third-order valence-corrected chi connectivity index (χ3v) is 6.59. The lowest BCUT2D eigenvalue weighted by Crippen LogP contribution is -2.17. The number of nitrogens with two attached hydrogens (primary N) is 1. The normalized spacial score (nSPS) is 11.6. The first-order valence-electron chi connectivity index (χ1n) is 8.53. The molecule has 0 aliphatic rings. The van der Waals surface area contributed by atoms with E-state index < -0.39 is 10.0 Å². The summed E-state index contributed by atoms with van der Waals surface area (Å²) < 4.78 is 51.5. The van der Waals surface area contributed by atoms with Crippen LogP contribution in [0.4, 0.5) is 5.82 Å². The largest absolute Gasteiger partial charge is 0.493 e. The summed E-state index contributed by atoms with van der Waals surface area (Å²) >= 11 is 0.931. The Balaban J connectivity index is 1.86. The maximum atomic E-state index is 13.2. The van der Waals surface area contributed by atoms with Crippen LogP contribution in [0.3, 0.4) is 0 Å². The van der Waals surface area contributed by atoms with Gasteiger partial charge in [-0.2, -0.15) is 22.3 Å². The second-order valence-electron chi connectivity index (χ2n) is 6.10. The Hall–Kier alpha value is -3.38. The fraction of sp³-hybridized carbons (Fsp3) is 0.167. The number of ether oxygens (including phenoxy) is 3. The van der Waals surface area contributed by atoms with Gasteiger partial charge < -0.3 is 19.9 Å². The molecule has 0 aliphatic carbocycles. The van der Waals surface area contributed by atoms with E-state index in [-0.39, 0.29) is 16.2 Å². The van der Waals surface area contributed by atoms with Gasteiger partial charge in [0.25, 0.3) is 10.0 Å². The monoisotopic (exact) mass is 447 g/mol. The predicted octanol–water partition coefficient (Wildman–Crippen LogP) is 2.40. The van der Waals surface area contributed by atoms with Crippen LogP contribution in [0.2, 0.25) is 0 Å². The molecule has 0 unspecified atom stereocenters. The molecule has 0 bridgehead atoms. The van der Waals surface area contributed by atoms with Crippen LogP contribution < -0.4 is 19.9 Å². The van der Waals surface area contributed by atoms with Crippen molar-refractivity contribution in [2.75, 3.05) is 27.1 Å². The van der Waals surface area contributed by atoms with Crippen LogP contribution in [0.15, 0.2) is 41.3 Å². The maximum absolute atomic E-state index is 13.2. The molecule has 2 heterocycles. The number of fused-ring (bicyclic) bond motifs is 1. The van der Waals surface area contributed by atoms with E-state index in [1.807, 2.05) is 0 Å². The fourth-order valence-electron chi connectivity index (χ4n) is 3.02. The molecule has 2 N–H and O–H groups in total. The Bertz CT molecular complexity index is 1320. The van der Waals surface area contributed by atoms with E-state index in [2.05, 4.69) is 13.8 Å². The smallest absolute Gasteiger partial charge is 0.287 e. The van der Waals surface area contributed by atoms with E-state index in [0.29, 0.717) is 34.0 Å². The van der Waals surface area contributed by atoms with Crippen molar-refractivity contribution in [1.82, 2.24) is 17.9 Å². The molecule has 12 heteroatoms. The van der Waals surface area contributed by atoms with Crippen LogP contribution in [-0.4, -0.2) is 47.7 Å². The zero-order chi connectivity index (χ0) is 21.5. The van der Waals surface area contributed by atoms with E-state index in [0.717, 1.165) is 15.8 Å². The predicted molar refractivity (Wildman–Crippen MR) is 112 cm³/mol. The van der Waals surface area contributed by atoms with Crippen LogP contribution in [-0.2, 0) is 10.0 Å². The van der Waals surface area contributed by atoms with Gasteiger partial charge in [0.1, 0.15) is 21.7 Å². The number of nitrogens with zero attached hydrogens (tertiary/aromatic N) is 4. The first-order chi connectivity index (χ1) is 14.4. The highest BCUT2D eigenvalue weighted by molar-refractivity contribution is 7.90. The quantitative estimate of drug-likeness (QED) is 0.473. The van der Waals surface area contributed by atoms with E-state index in [4.69, 9.17) is 19.9 Å². The highest BCUT2D eigenvalue weighted by atomic mass is 32.2. The van der Waals surface area contributed by atoms with Crippen LogP contribution in [0.5, 0.6) is 17.2 Å². The Morgan fingerprint density at radius 2 is 1.70 bits per heavy atom. The van der Waals surface area contributed by atoms with Gasteiger partial charge in [-0.05, 0) is 24.3 Å². The Morgan fingerprint density at radius 3 is 2.33 bits per heavy atom. The van der Waals surface area contributed by atoms with Gasteiger partial charge in [-0.1, -0.05) is 6.07 Å². The second kappa shape index (κ2) is 7.46. The van der Waals surface area contributed by atoms with Crippen molar-refractivity contribution in [3.8, 4) is 28.5 Å². The molecule has 0 aliphatic heterocycles. The average Bonchev–Trinajstić information content (AvgIpc) is 3.39. The minimum absolute atomic E-state index is 0.0278. The van der Waals surface area contributed by atoms with Crippen molar-refractivity contribution in [2.45, 2.75) is 4.90 Å². The molecule has 0 spiro atoms. The van der Waals surface area contributed by atoms with Crippen molar-refractivity contribution >= 4 is 38.6 Å². The summed E-state index contributed by atoms with van der Waals surface area (Å²) in [5, 5.41) is 4.23. The highest BCUT2D eigenvalue weighted by Gasteiger charge is 2.26. The molecule has 4 rings (SSSR count). The molecular formula is C18H17N5O5S2. The van der Waals surface area contributed by atoms with Gasteiger partial charge in [-0.15, -0.1) is 4.09 Å². The van der Waals surface area contributed by atoms with E-state index in [9.17, 15) is 8.42 Å². The van der Waals surface area contributed by atoms with Gasteiger partial charge >= 0.3 is 0 Å². The summed E-state index contributed by atoms with van der Waals surface area (Å²) in [5.41, 5.74) is 7.63. The Labute approximate surface area is 176 Å². The fourth-order valence-corrected chi connectivity index (χ4v) is 4.99. The summed E-state index contributed by atoms with van der Waals surface area (Å²) in [7, 11) is 0.368. The summed E-state index contributed by atoms with van der Waals surface area (Å²) in [5.74, 6) is 1.16. The van der Waals surface area contributed by atoms with Crippen molar-refractivity contribution in [3.63, 3.8) is 0 Å². The number of nitrogen functional groups attached to an aromatic ring is 1. The molecule has 0 saturated carbocycles. The first kappa shape index (κ1) is 19.9. The van der Waals surface area contributed by atoms with Crippen LogP contribution >= 0.6 is 11.7 Å². The van der Waals surface area contributed by atoms with Gasteiger partial charge in [0.2, 0.25) is 5.75 Å². The molecule has 0 radical (unpaired) electrons. The first-order valence-corrected chi connectivity index (χ1v) is 10.7. The molecular weight excluding hydrogens is 430 g/mol. The maximum Gasteiger partial charge on any atom is 0.287 e. The van der Waals surface area contributed by atoms with Crippen LogP contribution in [0.25, 0.3) is 22.3 Å². The lowest BCUT2D eigenvalue weighted by molar-refractivity contribution is 0.324. The van der Waals surface area contributed by atoms with Crippen molar-refractivity contribution < 1.29 is 22.6 Å². The lowest BCUT2D eigenvalue weighted by Gasteiger charge is -2.13. The molecule has 0 saturated heterocycles. The second-order valence-corrected chi connectivity index (χ2v) is 8.37. The zero-order valence-corrected chi connectivity index (χ0v) is 17.8. The van der Waals surface area contributed by atoms with Crippen molar-refractivity contribution in [1.29, 1.82) is 0 Å². The van der Waals surface area contributed by atoms with Gasteiger partial charge in [-0.25, -0.2) is 0 Å². The molecule has 0 fully saturated rings. The summed E-state index contributed by atoms with van der Waals surface area (Å²) in [6.45, 7) is 0. The van der Waals surface area contributed by atoms with E-state index in [1.165, 1.54) is 33.5 Å². The van der Waals surface area contributed by atoms with Crippen molar-refractivity contribution in [2.24, 2.45) is 0 Å². The third kappa shape index (κ3) is 3.09. The van der Waals surface area contributed by atoms with Gasteiger partial charge in [0.05, 0.1) is 38.8 Å². The molecule has 2 aromatic carbocycles. The number of hydrogen-bond acceptors (Lipinski definition) is 10.